The largest absolute Gasteiger partial charge is 0.416 e. The molecule has 0 radical (unpaired) electrons. The van der Waals surface area contributed by atoms with Crippen molar-refractivity contribution in [2.75, 3.05) is 0 Å². The molecule has 0 saturated carbocycles. The van der Waals surface area contributed by atoms with Crippen molar-refractivity contribution in [3.05, 3.63) is 149 Å². The number of para-hydroxylation sites is 1. The average Bonchev–Trinajstić information content (AvgIpc) is 3.21. The Morgan fingerprint density at radius 2 is 0.982 bits per heavy atom. The summed E-state index contributed by atoms with van der Waals surface area (Å²) in [4.78, 5) is 15.2. The van der Waals surface area contributed by atoms with Gasteiger partial charge in [-0.2, -0.15) is 42.1 Å². The molecule has 0 aliphatic rings. The molecule has 0 spiro atoms. The van der Waals surface area contributed by atoms with Crippen LogP contribution in [0.1, 0.15) is 27.8 Å². The Bertz CT molecular complexity index is 2990. The lowest BCUT2D eigenvalue weighted by molar-refractivity contribution is -0.143. The van der Waals surface area contributed by atoms with E-state index in [0.29, 0.717) is 84.0 Å². The first kappa shape index (κ1) is 35.4. The van der Waals surface area contributed by atoms with Crippen LogP contribution in [0.5, 0.6) is 0 Å². The Morgan fingerprint density at radius 1 is 0.429 bits per heavy atom. The third-order valence-corrected chi connectivity index (χ3v) is 9.35. The van der Waals surface area contributed by atoms with Gasteiger partial charge in [0.2, 0.25) is 0 Å². The number of pyridine rings is 1. The van der Waals surface area contributed by atoms with Crippen molar-refractivity contribution in [3.63, 3.8) is 0 Å². The van der Waals surface area contributed by atoms with E-state index in [1.165, 1.54) is 18.2 Å². The normalized spacial score (nSPS) is 11.7. The van der Waals surface area contributed by atoms with E-state index in [1.54, 1.807) is 84.9 Å². The van der Waals surface area contributed by atoms with Gasteiger partial charge in [0.15, 0.2) is 0 Å². The predicted molar refractivity (Wildman–Crippen MR) is 198 cm³/mol. The average molecular weight is 747 g/mol. The Hall–Kier alpha value is -7.62. The number of aromatic nitrogens is 3. The summed E-state index contributed by atoms with van der Waals surface area (Å²) in [5.41, 5.74) is 1.61. The molecular formula is C44H20F6N6. The molecule has 0 N–H and O–H groups in total. The number of benzene rings is 6. The van der Waals surface area contributed by atoms with Gasteiger partial charge in [-0.05, 0) is 71.8 Å². The molecule has 268 valence electrons. The lowest BCUT2D eigenvalue weighted by Gasteiger charge is -2.17. The molecule has 0 amide bonds. The maximum absolute atomic E-state index is 13.9. The second-order valence-electron chi connectivity index (χ2n) is 12.8. The number of hydrogen-bond donors (Lipinski definition) is 0. The fourth-order valence-corrected chi connectivity index (χ4v) is 6.74. The SMILES string of the molecule is N#Cc1ccc(-c2nc3cc(C#N)c4c5ccccc5nc(-c5cccc(-c6cc(C(F)(F)F)cc(C(F)(F)F)c6)c5)c4c3nc2-c2ccc(C#N)cc2)cc1. The number of alkyl halides is 6. The molecule has 0 fully saturated rings. The highest BCUT2D eigenvalue weighted by molar-refractivity contribution is 6.22. The van der Waals surface area contributed by atoms with Crippen LogP contribution < -0.4 is 0 Å². The molecule has 6 aromatic carbocycles. The van der Waals surface area contributed by atoms with Crippen molar-refractivity contribution in [1.82, 2.24) is 15.0 Å². The standard InChI is InChI=1S/C44H20F6N6/c45-43(46,47)32-17-30(18-33(20-32)44(48,49)50)28-4-3-5-29(16-28)39-38-37(34-6-1-2-7-35(34)54-39)31(23-53)19-36-42(38)56-41(27-14-10-25(22-52)11-15-27)40(55-36)26-12-8-24(21-51)9-13-26/h1-20H. The third kappa shape index (κ3) is 6.27. The van der Waals surface area contributed by atoms with Gasteiger partial charge < -0.3 is 0 Å². The van der Waals surface area contributed by atoms with Crippen molar-refractivity contribution in [1.29, 1.82) is 15.8 Å². The zero-order chi connectivity index (χ0) is 39.4. The predicted octanol–water partition coefficient (Wildman–Crippen LogP) is 11.7. The van der Waals surface area contributed by atoms with E-state index in [9.17, 15) is 42.1 Å². The Balaban J connectivity index is 1.47. The highest BCUT2D eigenvalue weighted by Gasteiger charge is 2.37. The molecule has 0 unspecified atom stereocenters. The van der Waals surface area contributed by atoms with E-state index in [2.05, 4.69) is 18.2 Å². The molecule has 0 aliphatic carbocycles. The highest BCUT2D eigenvalue weighted by atomic mass is 19.4. The van der Waals surface area contributed by atoms with Crippen LogP contribution in [-0.2, 0) is 12.4 Å². The first-order valence-electron chi connectivity index (χ1n) is 16.7. The van der Waals surface area contributed by atoms with Gasteiger partial charge in [0, 0.05) is 32.8 Å². The summed E-state index contributed by atoms with van der Waals surface area (Å²) in [5, 5.41) is 30.9. The van der Waals surface area contributed by atoms with Crippen molar-refractivity contribution in [2.24, 2.45) is 0 Å². The molecule has 0 saturated heterocycles. The van der Waals surface area contributed by atoms with Crippen LogP contribution in [0.25, 0.3) is 77.6 Å². The van der Waals surface area contributed by atoms with Crippen LogP contribution in [0.15, 0.2) is 121 Å². The third-order valence-electron chi connectivity index (χ3n) is 9.35. The summed E-state index contributed by atoms with van der Waals surface area (Å²) >= 11 is 0. The van der Waals surface area contributed by atoms with Crippen molar-refractivity contribution < 1.29 is 26.3 Å². The number of nitrogens with zero attached hydrogens (tertiary/aromatic N) is 6. The Kier molecular flexibility index (Phi) is 8.44. The summed E-state index contributed by atoms with van der Waals surface area (Å²) in [5.74, 6) is 0. The molecule has 6 nitrogen and oxygen atoms in total. The van der Waals surface area contributed by atoms with Crippen LogP contribution in [0.3, 0.4) is 0 Å². The molecule has 12 heteroatoms. The second-order valence-corrected chi connectivity index (χ2v) is 12.8. The van der Waals surface area contributed by atoms with Crippen LogP contribution in [-0.4, -0.2) is 15.0 Å². The van der Waals surface area contributed by atoms with Gasteiger partial charge in [-0.3, -0.25) is 0 Å². The zero-order valence-electron chi connectivity index (χ0n) is 28.5. The number of rotatable bonds is 4. The summed E-state index contributed by atoms with van der Waals surface area (Å²) in [7, 11) is 0. The maximum Gasteiger partial charge on any atom is 0.416 e. The summed E-state index contributed by atoms with van der Waals surface area (Å²) in [6, 6.07) is 35.9. The molecular weight excluding hydrogens is 727 g/mol. The van der Waals surface area contributed by atoms with Crippen molar-refractivity contribution in [2.45, 2.75) is 12.4 Å². The van der Waals surface area contributed by atoms with E-state index >= 15 is 0 Å². The fourth-order valence-electron chi connectivity index (χ4n) is 6.74. The lowest BCUT2D eigenvalue weighted by atomic mass is 9.92. The molecule has 8 rings (SSSR count). The smallest absolute Gasteiger partial charge is 0.247 e. The minimum absolute atomic E-state index is 0.0652. The number of fused-ring (bicyclic) bond motifs is 5. The van der Waals surface area contributed by atoms with E-state index in [4.69, 9.17) is 15.0 Å². The molecule has 0 aliphatic heterocycles. The van der Waals surface area contributed by atoms with Crippen molar-refractivity contribution in [3.8, 4) is 63.1 Å². The maximum atomic E-state index is 13.9. The van der Waals surface area contributed by atoms with Gasteiger partial charge >= 0.3 is 12.4 Å². The number of nitriles is 3. The van der Waals surface area contributed by atoms with E-state index in [-0.39, 0.29) is 28.5 Å². The van der Waals surface area contributed by atoms with E-state index in [0.717, 1.165) is 0 Å². The van der Waals surface area contributed by atoms with E-state index < -0.39 is 23.5 Å². The number of halogens is 6. The van der Waals surface area contributed by atoms with Crippen LogP contribution in [0, 0.1) is 34.0 Å². The zero-order valence-corrected chi connectivity index (χ0v) is 28.5. The fraction of sp³-hybridized carbons (Fsp3) is 0.0455. The minimum atomic E-state index is -5.04. The van der Waals surface area contributed by atoms with Crippen LogP contribution in [0.2, 0.25) is 0 Å². The van der Waals surface area contributed by atoms with Crippen molar-refractivity contribution >= 4 is 32.7 Å². The molecule has 0 bridgehead atoms. The summed E-state index contributed by atoms with van der Waals surface area (Å²) in [6.07, 6.45) is -10.1. The first-order chi connectivity index (χ1) is 26.9. The van der Waals surface area contributed by atoms with Gasteiger partial charge in [0.25, 0.3) is 0 Å². The topological polar surface area (TPSA) is 110 Å². The Morgan fingerprint density at radius 3 is 1.55 bits per heavy atom. The monoisotopic (exact) mass is 746 g/mol. The summed E-state index contributed by atoms with van der Waals surface area (Å²) < 4.78 is 83.2. The lowest BCUT2D eigenvalue weighted by Crippen LogP contribution is -2.11. The van der Waals surface area contributed by atoms with Gasteiger partial charge in [-0.25, -0.2) is 15.0 Å². The highest BCUT2D eigenvalue weighted by Crippen LogP contribution is 2.43. The molecule has 0 atom stereocenters. The molecule has 56 heavy (non-hydrogen) atoms. The van der Waals surface area contributed by atoms with Gasteiger partial charge in [-0.1, -0.05) is 60.7 Å². The Labute approximate surface area is 313 Å². The first-order valence-corrected chi connectivity index (χ1v) is 16.7. The minimum Gasteiger partial charge on any atom is -0.247 e. The molecule has 2 heterocycles. The van der Waals surface area contributed by atoms with Crippen LogP contribution >= 0.6 is 0 Å². The molecule has 8 aromatic rings. The summed E-state index contributed by atoms with van der Waals surface area (Å²) in [6.45, 7) is 0. The van der Waals surface area contributed by atoms with Gasteiger partial charge in [-0.15, -0.1) is 0 Å². The van der Waals surface area contributed by atoms with Gasteiger partial charge in [0.1, 0.15) is 0 Å². The van der Waals surface area contributed by atoms with Crippen LogP contribution in [0.4, 0.5) is 26.3 Å². The second kappa shape index (κ2) is 13.3. The van der Waals surface area contributed by atoms with Gasteiger partial charge in [0.05, 0.1) is 79.7 Å². The number of hydrogen-bond acceptors (Lipinski definition) is 6. The molecule has 2 aromatic heterocycles. The quantitative estimate of drug-likeness (QED) is 0.131. The van der Waals surface area contributed by atoms with E-state index in [1.807, 2.05) is 0 Å².